The highest BCUT2D eigenvalue weighted by molar-refractivity contribution is 8.00. The number of hydrogen-bond acceptors (Lipinski definition) is 3. The molecule has 1 atom stereocenters. The first-order valence-corrected chi connectivity index (χ1v) is 12.5. The first-order valence-electron chi connectivity index (χ1n) is 11.1. The van der Waals surface area contributed by atoms with Crippen LogP contribution in [-0.4, -0.2) is 34.6 Å². The molecule has 0 heterocycles. The summed E-state index contributed by atoms with van der Waals surface area (Å²) in [5.74, 6) is -0.812. The smallest absolute Gasteiger partial charge is 0.243 e. The molecule has 1 N–H and O–H groups in total. The molecule has 3 rings (SSSR count). The number of thioether (sulfide) groups is 1. The molecule has 3 aromatic rings. The number of carbonyl (C=O) groups excluding carboxylic acids is 2. The first-order chi connectivity index (χ1) is 16.3. The highest BCUT2D eigenvalue weighted by Gasteiger charge is 2.31. The van der Waals surface area contributed by atoms with E-state index < -0.39 is 11.9 Å². The monoisotopic (exact) mass is 498 g/mol. The summed E-state index contributed by atoms with van der Waals surface area (Å²) >= 11 is 7.31. The largest absolute Gasteiger partial charge is 0.352 e. The fraction of sp³-hybridized carbons (Fsp3) is 0.259. The SMILES string of the molecule is CC(C)NC(=O)[C@@H](Cc1ccccc1)N(Cc1ccccc1F)C(=O)CSc1ccc(Cl)cc1. The molecule has 0 aliphatic heterocycles. The Kier molecular flexibility index (Phi) is 9.54. The van der Waals surface area contributed by atoms with Gasteiger partial charge >= 0.3 is 0 Å². The molecule has 0 bridgehead atoms. The van der Waals surface area contributed by atoms with Gasteiger partial charge in [-0.2, -0.15) is 0 Å². The molecular formula is C27H28ClFN2O2S. The summed E-state index contributed by atoms with van der Waals surface area (Å²) in [6.45, 7) is 3.74. The van der Waals surface area contributed by atoms with Crippen LogP contribution in [0.5, 0.6) is 0 Å². The van der Waals surface area contributed by atoms with Crippen molar-refractivity contribution in [2.45, 2.75) is 43.8 Å². The standard InChI is InChI=1S/C27H28ClFN2O2S/c1-19(2)30-27(33)25(16-20-8-4-3-5-9-20)31(17-21-10-6-7-11-24(21)29)26(32)18-34-23-14-12-22(28)13-15-23/h3-15,19,25H,16-18H2,1-2H3,(H,30,33)/t25-/m1/s1. The van der Waals surface area contributed by atoms with Gasteiger partial charge in [0.25, 0.3) is 0 Å². The third kappa shape index (κ3) is 7.61. The van der Waals surface area contributed by atoms with E-state index in [2.05, 4.69) is 5.32 Å². The van der Waals surface area contributed by atoms with E-state index in [4.69, 9.17) is 11.6 Å². The summed E-state index contributed by atoms with van der Waals surface area (Å²) < 4.78 is 14.5. The van der Waals surface area contributed by atoms with Gasteiger partial charge in [-0.1, -0.05) is 60.1 Å². The highest BCUT2D eigenvalue weighted by atomic mass is 35.5. The summed E-state index contributed by atoms with van der Waals surface area (Å²) in [6, 6.07) is 22.2. The Morgan fingerprint density at radius 2 is 1.62 bits per heavy atom. The molecule has 0 aliphatic rings. The van der Waals surface area contributed by atoms with Gasteiger partial charge < -0.3 is 10.2 Å². The number of halogens is 2. The van der Waals surface area contributed by atoms with E-state index in [1.807, 2.05) is 56.3 Å². The van der Waals surface area contributed by atoms with Crippen molar-refractivity contribution in [1.29, 1.82) is 0 Å². The lowest BCUT2D eigenvalue weighted by Gasteiger charge is -2.32. The molecule has 4 nitrogen and oxygen atoms in total. The third-order valence-electron chi connectivity index (χ3n) is 5.18. The average Bonchev–Trinajstić information content (AvgIpc) is 2.82. The minimum atomic E-state index is -0.789. The molecule has 0 aromatic heterocycles. The van der Waals surface area contributed by atoms with Crippen LogP contribution in [-0.2, 0) is 22.6 Å². The van der Waals surface area contributed by atoms with Crippen LogP contribution < -0.4 is 5.32 Å². The molecule has 178 valence electrons. The number of amides is 2. The van der Waals surface area contributed by atoms with E-state index in [1.165, 1.54) is 22.7 Å². The van der Waals surface area contributed by atoms with E-state index >= 15 is 0 Å². The first kappa shape index (κ1) is 25.8. The molecule has 0 aliphatic carbocycles. The zero-order valence-corrected chi connectivity index (χ0v) is 20.8. The van der Waals surface area contributed by atoms with Crippen LogP contribution in [0.25, 0.3) is 0 Å². The Morgan fingerprint density at radius 1 is 0.971 bits per heavy atom. The number of carbonyl (C=O) groups is 2. The van der Waals surface area contributed by atoms with Crippen LogP contribution in [0.2, 0.25) is 5.02 Å². The normalized spacial score (nSPS) is 11.8. The van der Waals surface area contributed by atoms with Crippen LogP contribution in [0, 0.1) is 5.82 Å². The molecule has 0 fully saturated rings. The molecule has 3 aromatic carbocycles. The predicted molar refractivity (Wildman–Crippen MR) is 136 cm³/mol. The second-order valence-corrected chi connectivity index (χ2v) is 9.71. The van der Waals surface area contributed by atoms with E-state index in [0.29, 0.717) is 17.0 Å². The summed E-state index contributed by atoms with van der Waals surface area (Å²) in [4.78, 5) is 29.1. The number of rotatable bonds is 10. The lowest BCUT2D eigenvalue weighted by molar-refractivity contribution is -0.139. The number of nitrogens with zero attached hydrogens (tertiary/aromatic N) is 1. The third-order valence-corrected chi connectivity index (χ3v) is 6.43. The predicted octanol–water partition coefficient (Wildman–Crippen LogP) is 5.74. The quantitative estimate of drug-likeness (QED) is 0.363. The molecule has 0 spiro atoms. The molecule has 0 saturated heterocycles. The second-order valence-electron chi connectivity index (χ2n) is 8.22. The topological polar surface area (TPSA) is 49.4 Å². The van der Waals surface area contributed by atoms with Crippen molar-refractivity contribution in [2.24, 2.45) is 0 Å². The molecule has 34 heavy (non-hydrogen) atoms. The minimum absolute atomic E-state index is 0.00427. The zero-order chi connectivity index (χ0) is 24.5. The second kappa shape index (κ2) is 12.6. The maximum Gasteiger partial charge on any atom is 0.243 e. The number of hydrogen-bond donors (Lipinski definition) is 1. The lowest BCUT2D eigenvalue weighted by Crippen LogP contribution is -2.52. The van der Waals surface area contributed by atoms with Crippen molar-refractivity contribution in [2.75, 3.05) is 5.75 Å². The van der Waals surface area contributed by atoms with Crippen molar-refractivity contribution < 1.29 is 14.0 Å². The average molecular weight is 499 g/mol. The van der Waals surface area contributed by atoms with Crippen LogP contribution in [0.15, 0.2) is 83.8 Å². The summed E-state index contributed by atoms with van der Waals surface area (Å²) in [7, 11) is 0. The Labute approximate surface area is 209 Å². The van der Waals surface area contributed by atoms with Crippen molar-refractivity contribution >= 4 is 35.2 Å². The van der Waals surface area contributed by atoms with Crippen LogP contribution in [0.1, 0.15) is 25.0 Å². The molecule has 0 saturated carbocycles. The van der Waals surface area contributed by atoms with E-state index in [-0.39, 0.29) is 30.2 Å². The lowest BCUT2D eigenvalue weighted by atomic mass is 10.0. The molecular weight excluding hydrogens is 471 g/mol. The van der Waals surface area contributed by atoms with Gasteiger partial charge in [0.15, 0.2) is 0 Å². The van der Waals surface area contributed by atoms with Gasteiger partial charge in [-0.05, 0) is 49.7 Å². The maximum atomic E-state index is 14.5. The van der Waals surface area contributed by atoms with Gasteiger partial charge in [0, 0.05) is 34.5 Å². The van der Waals surface area contributed by atoms with Gasteiger partial charge in [0.1, 0.15) is 11.9 Å². The van der Waals surface area contributed by atoms with E-state index in [1.54, 1.807) is 30.3 Å². The zero-order valence-electron chi connectivity index (χ0n) is 19.2. The fourth-order valence-corrected chi connectivity index (χ4v) is 4.41. The van der Waals surface area contributed by atoms with Crippen LogP contribution >= 0.6 is 23.4 Å². The van der Waals surface area contributed by atoms with Crippen LogP contribution in [0.4, 0.5) is 4.39 Å². The van der Waals surface area contributed by atoms with E-state index in [9.17, 15) is 14.0 Å². The van der Waals surface area contributed by atoms with Gasteiger partial charge in [0.2, 0.25) is 11.8 Å². The van der Waals surface area contributed by atoms with Crippen LogP contribution in [0.3, 0.4) is 0 Å². The Balaban J connectivity index is 1.91. The fourth-order valence-electron chi connectivity index (χ4n) is 3.50. The number of nitrogens with one attached hydrogen (secondary N) is 1. The molecule has 0 radical (unpaired) electrons. The Hall–Kier alpha value is -2.83. The van der Waals surface area contributed by atoms with Gasteiger partial charge in [0.05, 0.1) is 5.75 Å². The highest BCUT2D eigenvalue weighted by Crippen LogP contribution is 2.23. The van der Waals surface area contributed by atoms with Gasteiger partial charge in [-0.3, -0.25) is 9.59 Å². The van der Waals surface area contributed by atoms with Gasteiger partial charge in [-0.25, -0.2) is 4.39 Å². The van der Waals surface area contributed by atoms with Crippen molar-refractivity contribution in [3.05, 3.63) is 101 Å². The molecule has 7 heteroatoms. The molecule has 2 amide bonds. The van der Waals surface area contributed by atoms with Crippen molar-refractivity contribution in [3.8, 4) is 0 Å². The van der Waals surface area contributed by atoms with Crippen molar-refractivity contribution in [1.82, 2.24) is 10.2 Å². The maximum absolute atomic E-state index is 14.5. The summed E-state index contributed by atoms with van der Waals surface area (Å²) in [5.41, 5.74) is 1.28. The van der Waals surface area contributed by atoms with E-state index in [0.717, 1.165) is 10.5 Å². The van der Waals surface area contributed by atoms with Crippen molar-refractivity contribution in [3.63, 3.8) is 0 Å². The molecule has 0 unspecified atom stereocenters. The summed E-state index contributed by atoms with van der Waals surface area (Å²) in [5, 5.41) is 3.55. The van der Waals surface area contributed by atoms with Gasteiger partial charge in [-0.15, -0.1) is 11.8 Å². The number of benzene rings is 3. The Morgan fingerprint density at radius 3 is 2.26 bits per heavy atom. The minimum Gasteiger partial charge on any atom is -0.352 e. The summed E-state index contributed by atoms with van der Waals surface area (Å²) in [6.07, 6.45) is 0.325. The Bertz CT molecular complexity index is 1090.